The molecule has 0 saturated carbocycles. The highest BCUT2D eigenvalue weighted by atomic mass is 31.2. The van der Waals surface area contributed by atoms with E-state index < -0.39 is 36.0 Å². The molecule has 0 bridgehead atoms. The van der Waals surface area contributed by atoms with Gasteiger partial charge in [-0.25, -0.2) is 4.98 Å². The standard InChI is InChI=1S/C18H22N5O7P/c1-5-11(3)30-31(28,29)9-22-14-7-15(21-8-10(2)19-12(21)4)16(23(26)27)6-13(14)20-17(24)18(22)25/h6-8,11H,5,9H2,1-4H3,(H,20,24)(H,28,29). The van der Waals surface area contributed by atoms with E-state index in [1.54, 1.807) is 33.9 Å². The first-order chi connectivity index (χ1) is 14.4. The number of H-pyrrole nitrogens is 1. The van der Waals surface area contributed by atoms with E-state index in [9.17, 15) is 29.2 Å². The molecule has 0 aliphatic rings. The van der Waals surface area contributed by atoms with Crippen LogP contribution in [0.2, 0.25) is 0 Å². The third-order valence-corrected chi connectivity index (χ3v) is 6.10. The Morgan fingerprint density at radius 3 is 2.58 bits per heavy atom. The van der Waals surface area contributed by atoms with E-state index in [0.717, 1.165) is 10.6 Å². The van der Waals surface area contributed by atoms with Crippen LogP contribution in [0.4, 0.5) is 5.69 Å². The van der Waals surface area contributed by atoms with Gasteiger partial charge in [0.15, 0.2) is 0 Å². The van der Waals surface area contributed by atoms with E-state index in [1.807, 2.05) is 0 Å². The van der Waals surface area contributed by atoms with Crippen LogP contribution in [0.1, 0.15) is 31.8 Å². The summed E-state index contributed by atoms with van der Waals surface area (Å²) in [6.45, 7) is 6.74. The van der Waals surface area contributed by atoms with Crippen molar-refractivity contribution in [1.29, 1.82) is 0 Å². The predicted octanol–water partition coefficient (Wildman–Crippen LogP) is 2.36. The number of nitro benzene ring substituents is 1. The number of rotatable bonds is 7. The van der Waals surface area contributed by atoms with Gasteiger partial charge in [-0.3, -0.25) is 33.4 Å². The summed E-state index contributed by atoms with van der Waals surface area (Å²) < 4.78 is 20.0. The number of benzene rings is 1. The van der Waals surface area contributed by atoms with Crippen molar-refractivity contribution in [3.63, 3.8) is 0 Å². The lowest BCUT2D eigenvalue weighted by Crippen LogP contribution is -2.36. The number of imidazole rings is 1. The average molecular weight is 451 g/mol. The molecule has 0 amide bonds. The molecule has 0 aliphatic carbocycles. The zero-order valence-corrected chi connectivity index (χ0v) is 18.3. The Labute approximate surface area is 175 Å². The van der Waals surface area contributed by atoms with Crippen molar-refractivity contribution in [2.75, 3.05) is 0 Å². The molecular formula is C18H22N5O7P. The fraction of sp³-hybridized carbons (Fsp3) is 0.389. The van der Waals surface area contributed by atoms with Crippen LogP contribution >= 0.6 is 7.60 Å². The lowest BCUT2D eigenvalue weighted by Gasteiger charge is -2.19. The first-order valence-electron chi connectivity index (χ1n) is 9.42. The molecule has 2 atom stereocenters. The largest absolute Gasteiger partial charge is 0.348 e. The van der Waals surface area contributed by atoms with Crippen LogP contribution in [0.15, 0.2) is 27.9 Å². The Balaban J connectivity index is 2.31. The maximum atomic E-state index is 12.6. The monoisotopic (exact) mass is 451 g/mol. The normalized spacial score (nSPS) is 14.5. The van der Waals surface area contributed by atoms with Crippen molar-refractivity contribution in [2.24, 2.45) is 0 Å². The van der Waals surface area contributed by atoms with Gasteiger partial charge >= 0.3 is 18.7 Å². The van der Waals surface area contributed by atoms with E-state index >= 15 is 0 Å². The summed E-state index contributed by atoms with van der Waals surface area (Å²) in [6.07, 6.45) is 0.717. The second-order valence-corrected chi connectivity index (χ2v) is 8.97. The molecule has 0 aliphatic heterocycles. The van der Waals surface area contributed by atoms with Gasteiger partial charge in [-0.05, 0) is 33.3 Å². The van der Waals surface area contributed by atoms with Gasteiger partial charge in [0, 0.05) is 12.3 Å². The number of nitrogens with one attached hydrogen (secondary N) is 1. The Bertz CT molecular complexity index is 1340. The molecule has 0 fully saturated rings. The maximum Gasteiger partial charge on any atom is 0.348 e. The molecule has 0 radical (unpaired) electrons. The highest BCUT2D eigenvalue weighted by Gasteiger charge is 2.27. The van der Waals surface area contributed by atoms with Gasteiger partial charge in [-0.15, -0.1) is 0 Å². The summed E-state index contributed by atoms with van der Waals surface area (Å²) in [6, 6.07) is 2.41. The van der Waals surface area contributed by atoms with Crippen LogP contribution in [0.3, 0.4) is 0 Å². The number of nitro groups is 1. The fourth-order valence-electron chi connectivity index (χ4n) is 3.21. The van der Waals surface area contributed by atoms with Crippen molar-refractivity contribution in [1.82, 2.24) is 19.1 Å². The molecular weight excluding hydrogens is 429 g/mol. The summed E-state index contributed by atoms with van der Waals surface area (Å²) >= 11 is 0. The summed E-state index contributed by atoms with van der Waals surface area (Å²) in [5.74, 6) is 0.464. The van der Waals surface area contributed by atoms with Crippen LogP contribution in [-0.4, -0.2) is 35.0 Å². The molecule has 13 heteroatoms. The molecule has 2 unspecified atom stereocenters. The summed E-state index contributed by atoms with van der Waals surface area (Å²) in [7, 11) is -4.30. The average Bonchev–Trinajstić information content (AvgIpc) is 3.01. The molecule has 3 aromatic rings. The molecule has 3 rings (SSSR count). The first-order valence-corrected chi connectivity index (χ1v) is 11.2. The summed E-state index contributed by atoms with van der Waals surface area (Å²) in [5.41, 5.74) is -1.77. The molecule has 1 aromatic carbocycles. The van der Waals surface area contributed by atoms with E-state index in [1.165, 1.54) is 10.6 Å². The minimum atomic E-state index is -4.30. The molecule has 12 nitrogen and oxygen atoms in total. The summed E-state index contributed by atoms with van der Waals surface area (Å²) in [5, 5.41) is 11.7. The third kappa shape index (κ3) is 4.50. The Kier molecular flexibility index (Phi) is 5.99. The van der Waals surface area contributed by atoms with Crippen molar-refractivity contribution in [2.45, 2.75) is 46.5 Å². The quantitative estimate of drug-likeness (QED) is 0.239. The molecule has 2 heterocycles. The number of nitrogens with zero attached hydrogens (tertiary/aromatic N) is 4. The molecule has 31 heavy (non-hydrogen) atoms. The van der Waals surface area contributed by atoms with Gasteiger partial charge in [0.1, 0.15) is 17.8 Å². The van der Waals surface area contributed by atoms with Crippen LogP contribution in [0.25, 0.3) is 16.7 Å². The van der Waals surface area contributed by atoms with Gasteiger partial charge in [0.05, 0.1) is 27.8 Å². The Hall–Kier alpha value is -3.08. The lowest BCUT2D eigenvalue weighted by atomic mass is 10.2. The van der Waals surface area contributed by atoms with Crippen molar-refractivity contribution in [3.05, 3.63) is 60.7 Å². The minimum Gasteiger partial charge on any atom is -0.323 e. The molecule has 2 N–H and O–H groups in total. The zero-order chi connectivity index (χ0) is 23.1. The highest BCUT2D eigenvalue weighted by Crippen LogP contribution is 2.45. The Morgan fingerprint density at radius 1 is 1.35 bits per heavy atom. The van der Waals surface area contributed by atoms with Gasteiger partial charge in [-0.2, -0.15) is 0 Å². The fourth-order valence-corrected chi connectivity index (χ4v) is 4.62. The van der Waals surface area contributed by atoms with Crippen LogP contribution in [0.5, 0.6) is 0 Å². The van der Waals surface area contributed by atoms with Crippen LogP contribution in [0, 0.1) is 24.0 Å². The van der Waals surface area contributed by atoms with Crippen LogP contribution < -0.4 is 11.1 Å². The van der Waals surface area contributed by atoms with Crippen LogP contribution in [-0.2, 0) is 15.4 Å². The van der Waals surface area contributed by atoms with E-state index in [4.69, 9.17) is 4.52 Å². The van der Waals surface area contributed by atoms with E-state index in [-0.39, 0.29) is 22.4 Å². The van der Waals surface area contributed by atoms with Crippen molar-refractivity contribution in [3.8, 4) is 5.69 Å². The lowest BCUT2D eigenvalue weighted by molar-refractivity contribution is -0.384. The van der Waals surface area contributed by atoms with Crippen molar-refractivity contribution >= 4 is 24.3 Å². The minimum absolute atomic E-state index is 0.0296. The Morgan fingerprint density at radius 2 is 2.03 bits per heavy atom. The molecule has 0 saturated heterocycles. The number of hydrogen-bond donors (Lipinski definition) is 2. The van der Waals surface area contributed by atoms with Gasteiger partial charge in [0.25, 0.3) is 5.69 Å². The maximum absolute atomic E-state index is 12.6. The van der Waals surface area contributed by atoms with E-state index in [2.05, 4.69) is 9.97 Å². The van der Waals surface area contributed by atoms with Gasteiger partial charge in [0.2, 0.25) is 0 Å². The highest BCUT2D eigenvalue weighted by molar-refractivity contribution is 7.51. The number of fused-ring (bicyclic) bond motifs is 1. The summed E-state index contributed by atoms with van der Waals surface area (Å²) in [4.78, 5) is 52.5. The zero-order valence-electron chi connectivity index (χ0n) is 17.4. The first kappa shape index (κ1) is 22.6. The van der Waals surface area contributed by atoms with Crippen molar-refractivity contribution < 1.29 is 18.9 Å². The smallest absolute Gasteiger partial charge is 0.323 e. The third-order valence-electron chi connectivity index (χ3n) is 4.77. The molecule has 0 spiro atoms. The van der Waals surface area contributed by atoms with Gasteiger partial charge < -0.3 is 14.4 Å². The number of hydrogen-bond acceptors (Lipinski definition) is 7. The topological polar surface area (TPSA) is 162 Å². The predicted molar refractivity (Wildman–Crippen MR) is 113 cm³/mol. The number of aromatic amines is 1. The second kappa shape index (κ2) is 8.22. The molecule has 166 valence electrons. The van der Waals surface area contributed by atoms with E-state index in [0.29, 0.717) is 17.9 Å². The van der Waals surface area contributed by atoms with Gasteiger partial charge in [-0.1, -0.05) is 6.92 Å². The second-order valence-electron chi connectivity index (χ2n) is 7.21. The molecule has 2 aromatic heterocycles. The SMILES string of the molecule is CCC(C)OP(=O)(O)Cn1c(=O)c(=O)[nH]c2cc([N+](=O)[O-])c(-n3cc(C)nc3C)cc21. The number of aryl methyl sites for hydroxylation is 2. The number of aromatic nitrogens is 4.